The Balaban J connectivity index is 4.23. The molecule has 0 rings (SSSR count). The Bertz CT molecular complexity index is 131. The maximum absolute atomic E-state index is 11.6. The summed E-state index contributed by atoms with van der Waals surface area (Å²) < 4.78 is 48.7. The van der Waals surface area contributed by atoms with Crippen LogP contribution < -0.4 is 0 Å². The van der Waals surface area contributed by atoms with Crippen molar-refractivity contribution in [1.82, 2.24) is 0 Å². The lowest BCUT2D eigenvalue weighted by Gasteiger charge is -2.17. The number of hydrogen-bond donors (Lipinski definition) is 0. The summed E-state index contributed by atoms with van der Waals surface area (Å²) >= 11 is 3.84. The van der Waals surface area contributed by atoms with Gasteiger partial charge in [-0.3, -0.25) is 4.79 Å². The van der Waals surface area contributed by atoms with Crippen molar-refractivity contribution in [3.8, 4) is 0 Å². The SMILES string of the molecule is O=COC(F)(F)C(F)(F)Cl. The fourth-order valence-electron chi connectivity index (χ4n) is 0.127. The van der Waals surface area contributed by atoms with E-state index in [9.17, 15) is 22.4 Å². The molecule has 0 aliphatic rings. The lowest BCUT2D eigenvalue weighted by molar-refractivity contribution is -0.294. The van der Waals surface area contributed by atoms with Crippen LogP contribution in [-0.4, -0.2) is 18.0 Å². The Morgan fingerprint density at radius 2 is 1.70 bits per heavy atom. The zero-order chi connectivity index (χ0) is 8.41. The standard InChI is InChI=1S/C3HClF4O2/c4-2(5,6)3(7,8)10-1-9/h1H. The number of carbonyl (C=O) groups excluding carboxylic acids is 1. The Morgan fingerprint density at radius 1 is 1.30 bits per heavy atom. The first-order valence-electron chi connectivity index (χ1n) is 1.87. The summed E-state index contributed by atoms with van der Waals surface area (Å²) in [7, 11) is 0. The maximum Gasteiger partial charge on any atom is 0.482 e. The van der Waals surface area contributed by atoms with Crippen LogP contribution in [0.25, 0.3) is 0 Å². The summed E-state index contributed by atoms with van der Waals surface area (Å²) in [6.07, 6.45) is -4.95. The molecule has 0 heterocycles. The molecule has 0 aliphatic carbocycles. The van der Waals surface area contributed by atoms with Gasteiger partial charge in [0.1, 0.15) is 0 Å². The van der Waals surface area contributed by atoms with Crippen molar-refractivity contribution >= 4 is 18.1 Å². The number of hydrogen-bond acceptors (Lipinski definition) is 2. The third-order valence-electron chi connectivity index (χ3n) is 0.526. The normalized spacial score (nSPS) is 12.9. The highest BCUT2D eigenvalue weighted by Crippen LogP contribution is 2.37. The third kappa shape index (κ3) is 2.02. The molecule has 0 spiro atoms. The molecule has 0 aliphatic heterocycles. The minimum atomic E-state index is -4.95. The molecular formula is C3HClF4O2. The fraction of sp³-hybridized carbons (Fsp3) is 0.667. The Morgan fingerprint density at radius 3 is 1.80 bits per heavy atom. The number of carbonyl (C=O) groups is 1. The lowest BCUT2D eigenvalue weighted by Crippen LogP contribution is -2.37. The first-order valence-corrected chi connectivity index (χ1v) is 2.25. The van der Waals surface area contributed by atoms with E-state index in [0.29, 0.717) is 0 Å². The van der Waals surface area contributed by atoms with Crippen LogP contribution in [0, 0.1) is 0 Å². The topological polar surface area (TPSA) is 26.3 Å². The van der Waals surface area contributed by atoms with E-state index in [1.165, 1.54) is 0 Å². The molecule has 0 saturated carbocycles. The largest absolute Gasteiger partial charge is 0.482 e. The molecular weight excluding hydrogens is 179 g/mol. The highest BCUT2D eigenvalue weighted by molar-refractivity contribution is 6.22. The van der Waals surface area contributed by atoms with Crippen LogP contribution in [-0.2, 0) is 9.53 Å². The fourth-order valence-corrected chi connectivity index (χ4v) is 0.172. The van der Waals surface area contributed by atoms with Gasteiger partial charge < -0.3 is 4.74 Å². The van der Waals surface area contributed by atoms with Gasteiger partial charge in [0.25, 0.3) is 6.47 Å². The van der Waals surface area contributed by atoms with Crippen molar-refractivity contribution in [2.75, 3.05) is 0 Å². The van der Waals surface area contributed by atoms with Crippen LogP contribution >= 0.6 is 11.6 Å². The summed E-state index contributed by atoms with van der Waals surface area (Å²) in [6.45, 7) is -0.809. The minimum Gasteiger partial charge on any atom is -0.397 e. The van der Waals surface area contributed by atoms with Gasteiger partial charge in [-0.1, -0.05) is 0 Å². The molecule has 0 unspecified atom stereocenters. The molecule has 60 valence electrons. The zero-order valence-electron chi connectivity index (χ0n) is 4.28. The van der Waals surface area contributed by atoms with E-state index in [4.69, 9.17) is 0 Å². The van der Waals surface area contributed by atoms with E-state index in [1.54, 1.807) is 0 Å². The van der Waals surface area contributed by atoms with E-state index < -0.39 is 18.0 Å². The van der Waals surface area contributed by atoms with E-state index in [1.807, 2.05) is 0 Å². The number of rotatable bonds is 3. The molecule has 0 amide bonds. The average Bonchev–Trinajstić information content (AvgIpc) is 1.61. The summed E-state index contributed by atoms with van der Waals surface area (Å²) in [4.78, 5) is 9.17. The second kappa shape index (κ2) is 2.61. The van der Waals surface area contributed by atoms with Crippen LogP contribution in [0.4, 0.5) is 17.6 Å². The van der Waals surface area contributed by atoms with Crippen molar-refractivity contribution < 1.29 is 27.1 Å². The van der Waals surface area contributed by atoms with Gasteiger partial charge in [-0.25, -0.2) is 0 Å². The van der Waals surface area contributed by atoms with Gasteiger partial charge >= 0.3 is 11.5 Å². The highest BCUT2D eigenvalue weighted by Gasteiger charge is 2.58. The van der Waals surface area contributed by atoms with E-state index >= 15 is 0 Å². The van der Waals surface area contributed by atoms with Gasteiger partial charge in [-0.15, -0.1) is 0 Å². The van der Waals surface area contributed by atoms with Gasteiger partial charge in [0.2, 0.25) is 0 Å². The molecule has 0 bridgehead atoms. The Kier molecular flexibility index (Phi) is 2.48. The predicted octanol–water partition coefficient (Wildman–Crippen LogP) is 1.58. The molecule has 2 nitrogen and oxygen atoms in total. The minimum absolute atomic E-state index is 0.809. The molecule has 0 saturated heterocycles. The van der Waals surface area contributed by atoms with Gasteiger partial charge in [0.05, 0.1) is 0 Å². The third-order valence-corrected chi connectivity index (χ3v) is 0.746. The van der Waals surface area contributed by atoms with Crippen molar-refractivity contribution in [3.63, 3.8) is 0 Å². The number of alkyl halides is 5. The van der Waals surface area contributed by atoms with Gasteiger partial charge in [-0.2, -0.15) is 17.6 Å². The lowest BCUT2D eigenvalue weighted by atomic mass is 10.6. The summed E-state index contributed by atoms with van der Waals surface area (Å²) in [6, 6.07) is 0. The van der Waals surface area contributed by atoms with Crippen molar-refractivity contribution in [2.45, 2.75) is 11.5 Å². The Labute approximate surface area is 57.7 Å². The summed E-state index contributed by atoms with van der Waals surface area (Å²) in [5, 5.41) is -4.87. The zero-order valence-corrected chi connectivity index (χ0v) is 5.04. The first-order chi connectivity index (χ1) is 4.31. The quantitative estimate of drug-likeness (QED) is 0.375. The summed E-state index contributed by atoms with van der Waals surface area (Å²) in [5.74, 6) is 0. The van der Waals surface area contributed by atoms with Gasteiger partial charge in [-0.05, 0) is 11.6 Å². The van der Waals surface area contributed by atoms with Crippen molar-refractivity contribution in [2.24, 2.45) is 0 Å². The van der Waals surface area contributed by atoms with Crippen molar-refractivity contribution in [1.29, 1.82) is 0 Å². The predicted molar refractivity (Wildman–Crippen MR) is 22.9 cm³/mol. The molecule has 0 aromatic heterocycles. The Hall–Kier alpha value is -0.520. The van der Waals surface area contributed by atoms with Crippen LogP contribution in [0.15, 0.2) is 0 Å². The van der Waals surface area contributed by atoms with Gasteiger partial charge in [0.15, 0.2) is 0 Å². The smallest absolute Gasteiger partial charge is 0.397 e. The van der Waals surface area contributed by atoms with Crippen molar-refractivity contribution in [3.05, 3.63) is 0 Å². The van der Waals surface area contributed by atoms with E-state index in [2.05, 4.69) is 16.3 Å². The summed E-state index contributed by atoms with van der Waals surface area (Å²) in [5.41, 5.74) is 0. The van der Waals surface area contributed by atoms with E-state index in [0.717, 1.165) is 0 Å². The molecule has 10 heavy (non-hydrogen) atoms. The number of ether oxygens (including phenoxy) is 1. The first kappa shape index (κ1) is 9.48. The van der Waals surface area contributed by atoms with Gasteiger partial charge in [0, 0.05) is 0 Å². The van der Waals surface area contributed by atoms with Crippen LogP contribution in [0.2, 0.25) is 0 Å². The number of halogens is 5. The van der Waals surface area contributed by atoms with Crippen LogP contribution in [0.1, 0.15) is 0 Å². The average molecular weight is 180 g/mol. The molecule has 0 aromatic carbocycles. The molecule has 0 N–H and O–H groups in total. The molecule has 7 heteroatoms. The molecule has 0 aromatic rings. The molecule has 0 radical (unpaired) electrons. The highest BCUT2D eigenvalue weighted by atomic mass is 35.5. The maximum atomic E-state index is 11.6. The monoisotopic (exact) mass is 180 g/mol. The van der Waals surface area contributed by atoms with Crippen LogP contribution in [0.5, 0.6) is 0 Å². The molecule has 0 atom stereocenters. The second-order valence-corrected chi connectivity index (χ2v) is 1.70. The van der Waals surface area contributed by atoms with E-state index in [-0.39, 0.29) is 0 Å². The second-order valence-electron chi connectivity index (χ2n) is 1.23. The molecule has 0 fully saturated rings. The van der Waals surface area contributed by atoms with Crippen LogP contribution in [0.3, 0.4) is 0 Å².